The summed E-state index contributed by atoms with van der Waals surface area (Å²) in [5, 5.41) is 29.2. The minimum atomic E-state index is -2.23. The van der Waals surface area contributed by atoms with Gasteiger partial charge in [-0.1, -0.05) is 45.0 Å². The second-order valence-corrected chi connectivity index (χ2v) is 24.2. The molecule has 1 atom stereocenters. The molecule has 0 spiro atoms. The molecule has 1 aliphatic rings. The zero-order valence-electron chi connectivity index (χ0n) is 35.2. The molecular weight excluding hydrogens is 815 g/mol. The number of hydrogen-bond acceptors (Lipinski definition) is 10. The Labute approximate surface area is 359 Å². The summed E-state index contributed by atoms with van der Waals surface area (Å²) in [5.74, 6) is -0.965. The van der Waals surface area contributed by atoms with Crippen molar-refractivity contribution in [2.45, 2.75) is 108 Å². The first-order valence-corrected chi connectivity index (χ1v) is 25.4. The van der Waals surface area contributed by atoms with Gasteiger partial charge >= 0.3 is 11.7 Å². The molecule has 7 rings (SSSR count). The summed E-state index contributed by atoms with van der Waals surface area (Å²) in [6.07, 6.45) is 3.67. The number of H-pyrrole nitrogens is 2. The quantitative estimate of drug-likeness (QED) is 0.0566. The van der Waals surface area contributed by atoms with Crippen molar-refractivity contribution in [3.63, 3.8) is 0 Å². The van der Waals surface area contributed by atoms with Gasteiger partial charge in [-0.05, 0) is 122 Å². The van der Waals surface area contributed by atoms with Gasteiger partial charge in [0.05, 0.1) is 38.5 Å². The van der Waals surface area contributed by atoms with E-state index in [9.17, 15) is 24.6 Å². The largest absolute Gasteiger partial charge is 0.506 e. The molecule has 6 aromatic rings. The molecule has 60 heavy (non-hydrogen) atoms. The zero-order valence-corrected chi connectivity index (χ0v) is 37.9. The highest BCUT2D eigenvalue weighted by molar-refractivity contribution is 7.12. The Bertz CT molecular complexity index is 2480. The first-order chi connectivity index (χ1) is 28.6. The minimum Gasteiger partial charge on any atom is -0.506 e. The molecule has 2 aromatic carbocycles. The van der Waals surface area contributed by atoms with E-state index < -0.39 is 19.9 Å². The van der Waals surface area contributed by atoms with E-state index in [1.54, 1.807) is 12.1 Å². The number of phenols is 1. The SMILES string of the molecule is CN(CCCn1c(=O)[nH]c2cc(CNC[C@H](O[Si](C)(C)C(C)(C)C)c3ccc(O)c4[nH]c(=O)ccc34)ccc21)[C@H]1CC[C@H](OC(C(=O)O)(c2cccs2)c2cccs2)CC1. The number of carbonyl (C=O) groups is 1. The number of carboxylic acid groups (broad SMARTS) is 1. The van der Waals surface area contributed by atoms with Gasteiger partial charge in [-0.15, -0.1) is 22.7 Å². The van der Waals surface area contributed by atoms with Gasteiger partial charge in [-0.3, -0.25) is 9.36 Å². The van der Waals surface area contributed by atoms with E-state index in [4.69, 9.17) is 9.16 Å². The highest BCUT2D eigenvalue weighted by atomic mass is 32.1. The van der Waals surface area contributed by atoms with E-state index in [0.29, 0.717) is 40.9 Å². The smallest absolute Gasteiger partial charge is 0.347 e. The maximum absolute atomic E-state index is 13.2. The van der Waals surface area contributed by atoms with Crippen LogP contribution in [0.1, 0.15) is 79.9 Å². The molecule has 0 bridgehead atoms. The van der Waals surface area contributed by atoms with Gasteiger partial charge in [0, 0.05) is 37.1 Å². The Morgan fingerprint density at radius 1 is 0.983 bits per heavy atom. The monoisotopic (exact) mass is 871 g/mol. The minimum absolute atomic E-state index is 0.0163. The molecule has 5 N–H and O–H groups in total. The van der Waals surface area contributed by atoms with Gasteiger partial charge < -0.3 is 39.6 Å². The Morgan fingerprint density at radius 2 is 1.68 bits per heavy atom. The summed E-state index contributed by atoms with van der Waals surface area (Å²) >= 11 is 2.83. The normalized spacial score (nSPS) is 17.2. The van der Waals surface area contributed by atoms with E-state index in [1.807, 2.05) is 63.9 Å². The van der Waals surface area contributed by atoms with Crippen LogP contribution in [0.3, 0.4) is 0 Å². The Kier molecular flexibility index (Phi) is 13.1. The number of nitrogens with one attached hydrogen (secondary N) is 3. The Hall–Kier alpha value is -4.35. The summed E-state index contributed by atoms with van der Waals surface area (Å²) in [5.41, 5.74) is 2.06. The van der Waals surface area contributed by atoms with E-state index in [-0.39, 0.29) is 34.2 Å². The number of hydrogen-bond donors (Lipinski definition) is 5. The average Bonchev–Trinajstić information content (AvgIpc) is 4.00. The molecule has 12 nitrogen and oxygen atoms in total. The lowest BCUT2D eigenvalue weighted by Crippen LogP contribution is -2.44. The number of benzene rings is 2. The molecule has 0 aliphatic heterocycles. The number of aromatic nitrogens is 3. The predicted molar refractivity (Wildman–Crippen MR) is 243 cm³/mol. The van der Waals surface area contributed by atoms with Crippen LogP contribution >= 0.6 is 22.7 Å². The number of aromatic hydroxyl groups is 1. The second-order valence-electron chi connectivity index (χ2n) is 17.5. The lowest BCUT2D eigenvalue weighted by molar-refractivity contribution is -0.170. The van der Waals surface area contributed by atoms with Gasteiger partial charge in [0.25, 0.3) is 0 Å². The molecule has 0 unspecified atom stereocenters. The molecule has 1 saturated carbocycles. The molecule has 320 valence electrons. The number of ether oxygens (including phenoxy) is 1. The van der Waals surface area contributed by atoms with E-state index in [0.717, 1.165) is 66.2 Å². The van der Waals surface area contributed by atoms with Gasteiger partial charge in [-0.2, -0.15) is 0 Å². The summed E-state index contributed by atoms with van der Waals surface area (Å²) in [7, 11) is -0.101. The number of aromatic amines is 2. The summed E-state index contributed by atoms with van der Waals surface area (Å²) in [6.45, 7) is 13.5. The van der Waals surface area contributed by atoms with Crippen LogP contribution in [0.15, 0.2) is 87.1 Å². The number of phenolic OH excluding ortho intramolecular Hbond substituents is 1. The first kappa shape index (κ1) is 43.7. The molecule has 0 radical (unpaired) electrons. The fraction of sp³-hybridized carbons (Fsp3) is 0.444. The maximum atomic E-state index is 13.2. The van der Waals surface area contributed by atoms with Crippen molar-refractivity contribution in [1.82, 2.24) is 24.8 Å². The van der Waals surface area contributed by atoms with Crippen LogP contribution in [-0.2, 0) is 32.6 Å². The van der Waals surface area contributed by atoms with Crippen molar-refractivity contribution < 1.29 is 24.2 Å². The third-order valence-corrected chi connectivity index (χ3v) is 19.0. The number of aryl methyl sites for hydroxylation is 1. The number of aliphatic carboxylic acids is 1. The highest BCUT2D eigenvalue weighted by Crippen LogP contribution is 2.43. The summed E-state index contributed by atoms with van der Waals surface area (Å²) in [6, 6.07) is 20.6. The molecule has 0 amide bonds. The summed E-state index contributed by atoms with van der Waals surface area (Å²) < 4.78 is 15.4. The topological polar surface area (TPSA) is 162 Å². The Morgan fingerprint density at radius 3 is 2.32 bits per heavy atom. The number of carboxylic acids is 1. The van der Waals surface area contributed by atoms with Crippen LogP contribution in [0.5, 0.6) is 5.75 Å². The molecular formula is C45H57N5O7S2Si. The van der Waals surface area contributed by atoms with Crippen LogP contribution < -0.4 is 16.6 Å². The predicted octanol–water partition coefficient (Wildman–Crippen LogP) is 8.53. The van der Waals surface area contributed by atoms with Gasteiger partial charge in [0.15, 0.2) is 8.32 Å². The second kappa shape index (κ2) is 17.9. The number of fused-ring (bicyclic) bond motifs is 2. The number of nitrogens with zero attached hydrogens (tertiary/aromatic N) is 2. The lowest BCUT2D eigenvalue weighted by atomic mass is 9.90. The standard InChI is InChI=1S/C45H57N5O7S2Si/c1-44(2,3)60(5,6)57-37(32-17-20-36(51)41-33(32)18-21-40(52)48-41)28-46-27-29-12-19-35-34(26-29)47-43(55)50(35)23-9-22-49(4)30-13-15-31(16-14-30)56-45(42(53)54,38-10-7-24-58-38)39-11-8-25-59-39/h7-8,10-12,17-21,24-26,30-31,37,46,51H,9,13-16,22-23,27-28H2,1-6H3,(H,47,55)(H,48,52)(H,53,54)/t30-,31-,37-/m0/s1. The van der Waals surface area contributed by atoms with Crippen LogP contribution in [0.2, 0.25) is 18.1 Å². The van der Waals surface area contributed by atoms with Crippen molar-refractivity contribution in [2.24, 2.45) is 0 Å². The zero-order chi connectivity index (χ0) is 42.8. The van der Waals surface area contributed by atoms with Crippen molar-refractivity contribution in [3.8, 4) is 5.75 Å². The van der Waals surface area contributed by atoms with Crippen molar-refractivity contribution in [3.05, 3.63) is 119 Å². The number of thiophene rings is 2. The van der Waals surface area contributed by atoms with Crippen LogP contribution in [0.25, 0.3) is 21.9 Å². The molecule has 15 heteroatoms. The van der Waals surface area contributed by atoms with Crippen LogP contribution in [-0.4, -0.2) is 76.2 Å². The fourth-order valence-corrected chi connectivity index (χ4v) is 11.2. The lowest BCUT2D eigenvalue weighted by Gasteiger charge is -2.39. The van der Waals surface area contributed by atoms with Crippen molar-refractivity contribution in [1.29, 1.82) is 0 Å². The number of rotatable bonds is 17. The molecule has 4 aromatic heterocycles. The highest BCUT2D eigenvalue weighted by Gasteiger charge is 2.48. The van der Waals surface area contributed by atoms with E-state index in [2.05, 4.69) is 61.1 Å². The molecule has 1 aliphatic carbocycles. The van der Waals surface area contributed by atoms with Gasteiger partial charge in [0.2, 0.25) is 11.2 Å². The third kappa shape index (κ3) is 9.13. The van der Waals surface area contributed by atoms with Gasteiger partial charge in [-0.25, -0.2) is 9.59 Å². The molecule has 0 saturated heterocycles. The van der Waals surface area contributed by atoms with Crippen LogP contribution in [0.4, 0.5) is 0 Å². The fourth-order valence-electron chi connectivity index (χ4n) is 8.15. The van der Waals surface area contributed by atoms with Crippen molar-refractivity contribution in [2.75, 3.05) is 20.1 Å². The van der Waals surface area contributed by atoms with Crippen LogP contribution in [0, 0.1) is 0 Å². The first-order valence-electron chi connectivity index (χ1n) is 20.7. The summed E-state index contributed by atoms with van der Waals surface area (Å²) in [4.78, 5) is 47.8. The maximum Gasteiger partial charge on any atom is 0.347 e. The van der Waals surface area contributed by atoms with E-state index >= 15 is 0 Å². The third-order valence-electron chi connectivity index (χ3n) is 12.5. The Balaban J connectivity index is 0.950. The van der Waals surface area contributed by atoms with Crippen molar-refractivity contribution >= 4 is 58.9 Å². The van der Waals surface area contributed by atoms with Gasteiger partial charge in [0.1, 0.15) is 5.75 Å². The number of pyridine rings is 1. The average molecular weight is 872 g/mol. The van der Waals surface area contributed by atoms with E-state index in [1.165, 1.54) is 28.7 Å². The molecule has 1 fully saturated rings. The molecule has 4 heterocycles. The number of imidazole rings is 1.